The Bertz CT molecular complexity index is 545. The molecule has 1 aromatic carbocycles. The van der Waals surface area contributed by atoms with Crippen LogP contribution < -0.4 is 5.32 Å². The van der Waals surface area contributed by atoms with E-state index >= 15 is 0 Å². The van der Waals surface area contributed by atoms with Gasteiger partial charge in [-0.3, -0.25) is 9.59 Å². The normalized spacial score (nSPS) is 14.3. The summed E-state index contributed by atoms with van der Waals surface area (Å²) in [4.78, 5) is 24.3. The van der Waals surface area contributed by atoms with Gasteiger partial charge in [0.2, 0.25) is 0 Å². The van der Waals surface area contributed by atoms with Crippen molar-refractivity contribution < 1.29 is 14.3 Å². The fourth-order valence-corrected chi connectivity index (χ4v) is 3.14. The van der Waals surface area contributed by atoms with Gasteiger partial charge in [-0.15, -0.1) is 11.8 Å². The van der Waals surface area contributed by atoms with Crippen LogP contribution in [0.1, 0.15) is 37.8 Å². The van der Waals surface area contributed by atoms with Crippen molar-refractivity contribution in [2.75, 3.05) is 12.4 Å². The predicted octanol–water partition coefficient (Wildman–Crippen LogP) is 2.73. The molecule has 5 heteroatoms. The minimum Gasteiger partial charge on any atom is -0.455 e. The van der Waals surface area contributed by atoms with Crippen LogP contribution in [0.25, 0.3) is 0 Å². The average Bonchev–Trinajstić information content (AvgIpc) is 2.98. The van der Waals surface area contributed by atoms with Crippen LogP contribution in [0.5, 0.6) is 0 Å². The Hall–Kier alpha value is -1.49. The van der Waals surface area contributed by atoms with Gasteiger partial charge in [0, 0.05) is 10.9 Å². The molecule has 0 unspecified atom stereocenters. The Morgan fingerprint density at radius 1 is 1.32 bits per heavy atom. The van der Waals surface area contributed by atoms with Crippen LogP contribution in [0.3, 0.4) is 0 Å². The summed E-state index contributed by atoms with van der Waals surface area (Å²) in [5.74, 6) is -0.370. The molecular weight excluding hydrogens is 298 g/mol. The fourth-order valence-electron chi connectivity index (χ4n) is 2.39. The molecule has 0 heterocycles. The molecule has 1 aromatic rings. The predicted molar refractivity (Wildman–Crippen MR) is 88.0 cm³/mol. The Morgan fingerprint density at radius 3 is 2.86 bits per heavy atom. The molecule has 0 radical (unpaired) electrons. The van der Waals surface area contributed by atoms with E-state index in [0.29, 0.717) is 0 Å². The highest BCUT2D eigenvalue weighted by Crippen LogP contribution is 2.27. The lowest BCUT2D eigenvalue weighted by molar-refractivity contribution is -0.146. The molecule has 4 nitrogen and oxygen atoms in total. The van der Waals surface area contributed by atoms with Crippen molar-refractivity contribution >= 4 is 23.6 Å². The van der Waals surface area contributed by atoms with Gasteiger partial charge in [-0.2, -0.15) is 0 Å². The molecule has 1 atom stereocenters. The van der Waals surface area contributed by atoms with Gasteiger partial charge in [0.15, 0.2) is 6.61 Å². The Labute approximate surface area is 136 Å². The first kappa shape index (κ1) is 16.9. The highest BCUT2D eigenvalue weighted by Gasteiger charge is 2.13. The number of carbonyl (C=O) groups excluding carboxylic acids is 2. The lowest BCUT2D eigenvalue weighted by Gasteiger charge is -2.11. The van der Waals surface area contributed by atoms with E-state index in [1.807, 2.05) is 13.8 Å². The number of benzene rings is 1. The SMILES string of the molecule is CC[C@@H](C)NC(=O)COC(=O)CSc1ccc2c(c1)CCC2. The van der Waals surface area contributed by atoms with Crippen molar-refractivity contribution in [2.24, 2.45) is 0 Å². The Morgan fingerprint density at radius 2 is 2.09 bits per heavy atom. The minimum absolute atomic E-state index is 0.104. The van der Waals surface area contributed by atoms with E-state index in [2.05, 4.69) is 23.5 Å². The molecule has 0 saturated heterocycles. The smallest absolute Gasteiger partial charge is 0.316 e. The van der Waals surface area contributed by atoms with Crippen LogP contribution in [0.4, 0.5) is 0 Å². The third-order valence-electron chi connectivity index (χ3n) is 3.81. The lowest BCUT2D eigenvalue weighted by atomic mass is 10.1. The maximum atomic E-state index is 11.7. The summed E-state index contributed by atoms with van der Waals surface area (Å²) in [6, 6.07) is 6.47. The number of fused-ring (bicyclic) bond motifs is 1. The number of hydrogen-bond donors (Lipinski definition) is 1. The van der Waals surface area contributed by atoms with Crippen molar-refractivity contribution in [3.63, 3.8) is 0 Å². The topological polar surface area (TPSA) is 55.4 Å². The number of carbonyl (C=O) groups is 2. The number of aryl methyl sites for hydroxylation is 2. The quantitative estimate of drug-likeness (QED) is 0.620. The molecule has 1 N–H and O–H groups in total. The van der Waals surface area contributed by atoms with Gasteiger partial charge in [-0.1, -0.05) is 13.0 Å². The lowest BCUT2D eigenvalue weighted by Crippen LogP contribution is -2.35. The molecule has 0 saturated carbocycles. The summed E-state index contributed by atoms with van der Waals surface area (Å²) < 4.78 is 4.99. The average molecular weight is 321 g/mol. The zero-order chi connectivity index (χ0) is 15.9. The maximum Gasteiger partial charge on any atom is 0.316 e. The van der Waals surface area contributed by atoms with Gasteiger partial charge < -0.3 is 10.1 Å². The molecule has 0 aliphatic heterocycles. The van der Waals surface area contributed by atoms with E-state index in [4.69, 9.17) is 4.74 Å². The number of ether oxygens (including phenoxy) is 1. The van der Waals surface area contributed by atoms with Crippen LogP contribution >= 0.6 is 11.8 Å². The Kier molecular flexibility index (Phi) is 6.31. The standard InChI is InChI=1S/C17H23NO3S/c1-3-12(2)18-16(19)10-21-17(20)11-22-15-8-7-13-5-4-6-14(13)9-15/h7-9,12H,3-6,10-11H2,1-2H3,(H,18,19)/t12-/m1/s1. The second-order valence-corrected chi connectivity index (χ2v) is 6.66. The number of hydrogen-bond acceptors (Lipinski definition) is 4. The van der Waals surface area contributed by atoms with Crippen LogP contribution in [0, 0.1) is 0 Å². The first-order chi connectivity index (χ1) is 10.6. The van der Waals surface area contributed by atoms with Crippen LogP contribution in [0.2, 0.25) is 0 Å². The molecular formula is C17H23NO3S. The molecule has 1 aliphatic carbocycles. The van der Waals surface area contributed by atoms with Crippen molar-refractivity contribution in [2.45, 2.75) is 50.5 Å². The summed E-state index contributed by atoms with van der Waals surface area (Å²) in [5, 5.41) is 2.76. The van der Waals surface area contributed by atoms with Crippen molar-refractivity contribution in [1.29, 1.82) is 0 Å². The van der Waals surface area contributed by atoms with Crippen molar-refractivity contribution in [3.05, 3.63) is 29.3 Å². The summed E-state index contributed by atoms with van der Waals surface area (Å²) in [5.41, 5.74) is 2.82. The summed E-state index contributed by atoms with van der Waals surface area (Å²) in [7, 11) is 0. The molecule has 0 spiro atoms. The number of nitrogens with one attached hydrogen (secondary N) is 1. The second kappa shape index (κ2) is 8.22. The zero-order valence-corrected chi connectivity index (χ0v) is 14.0. The van der Waals surface area contributed by atoms with Crippen molar-refractivity contribution in [3.8, 4) is 0 Å². The van der Waals surface area contributed by atoms with E-state index < -0.39 is 0 Å². The van der Waals surface area contributed by atoms with Crippen LogP contribution in [-0.4, -0.2) is 30.3 Å². The zero-order valence-electron chi connectivity index (χ0n) is 13.2. The number of amides is 1. The molecule has 22 heavy (non-hydrogen) atoms. The fraction of sp³-hybridized carbons (Fsp3) is 0.529. The summed E-state index contributed by atoms with van der Waals surface area (Å²) >= 11 is 1.46. The molecule has 1 amide bonds. The minimum atomic E-state index is -0.357. The molecule has 0 fully saturated rings. The number of esters is 1. The molecule has 1 aliphatic rings. The van der Waals surface area contributed by atoms with E-state index in [9.17, 15) is 9.59 Å². The maximum absolute atomic E-state index is 11.7. The first-order valence-electron chi connectivity index (χ1n) is 7.78. The number of rotatable bonds is 7. The van der Waals surface area contributed by atoms with Gasteiger partial charge in [0.05, 0.1) is 5.75 Å². The van der Waals surface area contributed by atoms with Crippen LogP contribution in [0.15, 0.2) is 23.1 Å². The van der Waals surface area contributed by atoms with Crippen molar-refractivity contribution in [1.82, 2.24) is 5.32 Å². The van der Waals surface area contributed by atoms with E-state index in [0.717, 1.165) is 24.2 Å². The monoisotopic (exact) mass is 321 g/mol. The third-order valence-corrected chi connectivity index (χ3v) is 4.78. The summed E-state index contributed by atoms with van der Waals surface area (Å²) in [6.45, 7) is 3.71. The van der Waals surface area contributed by atoms with Gasteiger partial charge in [0.1, 0.15) is 0 Å². The van der Waals surface area contributed by atoms with E-state index in [1.165, 1.54) is 29.3 Å². The van der Waals surface area contributed by atoms with Gasteiger partial charge >= 0.3 is 5.97 Å². The highest BCUT2D eigenvalue weighted by molar-refractivity contribution is 8.00. The molecule has 120 valence electrons. The second-order valence-electron chi connectivity index (χ2n) is 5.61. The van der Waals surface area contributed by atoms with Gasteiger partial charge in [-0.05, 0) is 55.9 Å². The molecule has 0 aromatic heterocycles. The van der Waals surface area contributed by atoms with Gasteiger partial charge in [-0.25, -0.2) is 0 Å². The van der Waals surface area contributed by atoms with E-state index in [1.54, 1.807) is 0 Å². The summed E-state index contributed by atoms with van der Waals surface area (Å²) in [6.07, 6.45) is 4.36. The largest absolute Gasteiger partial charge is 0.455 e. The Balaban J connectivity index is 1.70. The third kappa shape index (κ3) is 5.05. The number of thioether (sulfide) groups is 1. The molecule has 2 rings (SSSR count). The highest BCUT2D eigenvalue weighted by atomic mass is 32.2. The van der Waals surface area contributed by atoms with Crippen LogP contribution in [-0.2, 0) is 27.2 Å². The van der Waals surface area contributed by atoms with Gasteiger partial charge in [0.25, 0.3) is 5.91 Å². The van der Waals surface area contributed by atoms with E-state index in [-0.39, 0.29) is 30.3 Å². The molecule has 0 bridgehead atoms. The first-order valence-corrected chi connectivity index (χ1v) is 8.76.